The maximum absolute atomic E-state index is 13.7. The molecule has 2 aromatic rings. The van der Waals surface area contributed by atoms with Gasteiger partial charge in [0.05, 0.1) is 19.6 Å². The molecule has 0 aliphatic carbocycles. The Hall–Kier alpha value is -3.79. The molecule has 3 amide bonds. The van der Waals surface area contributed by atoms with Crippen LogP contribution in [0.1, 0.15) is 12.0 Å². The molecule has 2 heterocycles. The molecular formula is C26H32N4O6. The van der Waals surface area contributed by atoms with E-state index in [9.17, 15) is 19.6 Å². The Morgan fingerprint density at radius 2 is 1.72 bits per heavy atom. The van der Waals surface area contributed by atoms with Crippen LogP contribution in [0.5, 0.6) is 5.75 Å². The normalized spacial score (nSPS) is 22.1. The molecule has 10 heteroatoms. The van der Waals surface area contributed by atoms with Crippen molar-refractivity contribution in [2.24, 2.45) is 5.92 Å². The number of benzene rings is 2. The van der Waals surface area contributed by atoms with Gasteiger partial charge in [0, 0.05) is 38.3 Å². The summed E-state index contributed by atoms with van der Waals surface area (Å²) in [6.45, 7) is 4.12. The average Bonchev–Trinajstić information content (AvgIpc) is 2.92. The van der Waals surface area contributed by atoms with Gasteiger partial charge in [-0.15, -0.1) is 0 Å². The summed E-state index contributed by atoms with van der Waals surface area (Å²) >= 11 is 0. The Morgan fingerprint density at radius 3 is 2.36 bits per heavy atom. The second-order valence-electron chi connectivity index (χ2n) is 9.09. The molecule has 0 spiro atoms. The van der Waals surface area contributed by atoms with Crippen LogP contribution < -0.4 is 15.1 Å². The molecule has 2 fully saturated rings. The highest BCUT2D eigenvalue weighted by atomic mass is 16.5. The largest absolute Gasteiger partial charge is 0.489 e. The van der Waals surface area contributed by atoms with Crippen molar-refractivity contribution in [2.45, 2.75) is 25.5 Å². The minimum absolute atomic E-state index is 0.0657. The van der Waals surface area contributed by atoms with E-state index >= 15 is 0 Å². The van der Waals surface area contributed by atoms with Gasteiger partial charge in [-0.3, -0.25) is 19.7 Å². The molecule has 4 rings (SSSR count). The Morgan fingerprint density at radius 1 is 1.00 bits per heavy atom. The minimum atomic E-state index is -1.12. The van der Waals surface area contributed by atoms with Crippen LogP contribution in [0.4, 0.5) is 10.5 Å². The van der Waals surface area contributed by atoms with E-state index in [0.717, 1.165) is 11.3 Å². The predicted octanol–water partition coefficient (Wildman–Crippen LogP) is 2.05. The van der Waals surface area contributed by atoms with Crippen LogP contribution in [0.3, 0.4) is 0 Å². The summed E-state index contributed by atoms with van der Waals surface area (Å²) < 4.78 is 11.0. The van der Waals surface area contributed by atoms with Crippen molar-refractivity contribution in [1.29, 1.82) is 0 Å². The molecule has 3 atom stereocenters. The zero-order chi connectivity index (χ0) is 25.7. The van der Waals surface area contributed by atoms with E-state index in [2.05, 4.69) is 4.90 Å². The van der Waals surface area contributed by atoms with E-state index in [1.165, 1.54) is 12.0 Å². The summed E-state index contributed by atoms with van der Waals surface area (Å²) in [6, 6.07) is 16.2. The van der Waals surface area contributed by atoms with Crippen LogP contribution in [0, 0.1) is 12.8 Å². The summed E-state index contributed by atoms with van der Waals surface area (Å²) in [5.74, 6) is -1.52. The minimum Gasteiger partial charge on any atom is -0.489 e. The summed E-state index contributed by atoms with van der Waals surface area (Å²) in [7, 11) is 1.23. The van der Waals surface area contributed by atoms with Crippen LogP contribution in [-0.4, -0.2) is 84.9 Å². The number of amides is 3. The summed E-state index contributed by atoms with van der Waals surface area (Å²) in [4.78, 5) is 44.3. The van der Waals surface area contributed by atoms with Gasteiger partial charge in [-0.25, -0.2) is 10.3 Å². The maximum atomic E-state index is 13.7. The van der Waals surface area contributed by atoms with Gasteiger partial charge in [0.2, 0.25) is 11.8 Å². The number of hydroxylamine groups is 1. The van der Waals surface area contributed by atoms with Crippen LogP contribution in [0.2, 0.25) is 0 Å². The fourth-order valence-electron chi connectivity index (χ4n) is 4.96. The average molecular weight is 497 g/mol. The van der Waals surface area contributed by atoms with Crippen LogP contribution in [0.15, 0.2) is 54.6 Å². The van der Waals surface area contributed by atoms with E-state index in [1.54, 1.807) is 16.4 Å². The standard InChI is InChI=1S/C26H32N4O6/c1-18-7-6-10-20(15-18)36-21-16-22(24(31)27-34)23(30(17-21)26(33)35-2)25(32)29-13-11-28(12-14-29)19-8-4-3-5-9-19/h3-10,15,21-23,34H,11-14,16-17H2,1-2H3,(H,27,31)/t21-,22-,23-/m0/s1. The summed E-state index contributed by atoms with van der Waals surface area (Å²) in [5.41, 5.74) is 3.75. The number of nitrogens with one attached hydrogen (secondary N) is 1. The van der Waals surface area contributed by atoms with E-state index < -0.39 is 30.1 Å². The van der Waals surface area contributed by atoms with Gasteiger partial charge < -0.3 is 19.3 Å². The first kappa shape index (κ1) is 25.3. The van der Waals surface area contributed by atoms with Crippen molar-refractivity contribution in [3.63, 3.8) is 0 Å². The molecular weight excluding hydrogens is 464 g/mol. The number of likely N-dealkylation sites (tertiary alicyclic amines) is 1. The van der Waals surface area contributed by atoms with E-state index in [0.29, 0.717) is 31.9 Å². The second-order valence-corrected chi connectivity index (χ2v) is 9.09. The molecule has 2 saturated heterocycles. The van der Waals surface area contributed by atoms with Gasteiger partial charge in [-0.1, -0.05) is 30.3 Å². The molecule has 2 aliphatic heterocycles. The summed E-state index contributed by atoms with van der Waals surface area (Å²) in [5, 5.41) is 9.45. The van der Waals surface area contributed by atoms with Gasteiger partial charge in [-0.2, -0.15) is 0 Å². The molecule has 0 bridgehead atoms. The number of para-hydroxylation sites is 1. The number of piperazine rings is 1. The highest BCUT2D eigenvalue weighted by molar-refractivity contribution is 5.92. The molecule has 36 heavy (non-hydrogen) atoms. The Kier molecular flexibility index (Phi) is 7.94. The van der Waals surface area contributed by atoms with Gasteiger partial charge >= 0.3 is 6.09 Å². The van der Waals surface area contributed by atoms with E-state index in [4.69, 9.17) is 9.47 Å². The van der Waals surface area contributed by atoms with Crippen LogP contribution in [0.25, 0.3) is 0 Å². The molecule has 2 aliphatic rings. The number of anilines is 1. The topological polar surface area (TPSA) is 112 Å². The molecule has 2 aromatic carbocycles. The molecule has 10 nitrogen and oxygen atoms in total. The quantitative estimate of drug-likeness (QED) is 0.481. The van der Waals surface area contributed by atoms with Crippen molar-refractivity contribution in [3.05, 3.63) is 60.2 Å². The first-order valence-corrected chi connectivity index (χ1v) is 12.0. The van der Waals surface area contributed by atoms with Crippen LogP contribution >= 0.6 is 0 Å². The fourth-order valence-corrected chi connectivity index (χ4v) is 4.96. The SMILES string of the molecule is COC(=O)N1C[C@@H](Oc2cccc(C)c2)C[C@H](C(=O)NO)[C@H]1C(=O)N1CCN(c2ccccc2)CC1. The first-order chi connectivity index (χ1) is 17.4. The molecule has 0 saturated carbocycles. The Labute approximate surface area is 210 Å². The first-order valence-electron chi connectivity index (χ1n) is 12.0. The predicted molar refractivity (Wildman–Crippen MR) is 132 cm³/mol. The molecule has 0 unspecified atom stereocenters. The number of carbonyl (C=O) groups is 3. The number of aryl methyl sites for hydroxylation is 1. The lowest BCUT2D eigenvalue weighted by atomic mass is 9.86. The number of nitrogens with zero attached hydrogens (tertiary/aromatic N) is 3. The van der Waals surface area contributed by atoms with Crippen molar-refractivity contribution < 1.29 is 29.1 Å². The number of ether oxygens (including phenoxy) is 2. The highest BCUT2D eigenvalue weighted by Gasteiger charge is 2.49. The van der Waals surface area contributed by atoms with Gasteiger partial charge in [0.25, 0.3) is 0 Å². The number of hydrogen-bond acceptors (Lipinski definition) is 7. The molecule has 0 aromatic heterocycles. The summed E-state index contributed by atoms with van der Waals surface area (Å²) in [6.07, 6.45) is -1.16. The van der Waals surface area contributed by atoms with Gasteiger partial charge in [0.15, 0.2) is 0 Å². The molecule has 192 valence electrons. The number of carbonyl (C=O) groups excluding carboxylic acids is 3. The lowest BCUT2D eigenvalue weighted by Crippen LogP contribution is -2.64. The lowest BCUT2D eigenvalue weighted by Gasteiger charge is -2.45. The fraction of sp³-hybridized carbons (Fsp3) is 0.423. The van der Waals surface area contributed by atoms with Crippen molar-refractivity contribution in [3.8, 4) is 5.75 Å². The second kappa shape index (κ2) is 11.3. The monoisotopic (exact) mass is 496 g/mol. The van der Waals surface area contributed by atoms with E-state index in [1.807, 2.05) is 55.5 Å². The smallest absolute Gasteiger partial charge is 0.410 e. The third-order valence-electron chi connectivity index (χ3n) is 6.75. The third kappa shape index (κ3) is 5.54. The zero-order valence-corrected chi connectivity index (χ0v) is 20.5. The number of methoxy groups -OCH3 is 1. The van der Waals surface area contributed by atoms with Crippen molar-refractivity contribution in [1.82, 2.24) is 15.3 Å². The maximum Gasteiger partial charge on any atom is 0.410 e. The highest BCUT2D eigenvalue weighted by Crippen LogP contribution is 2.30. The third-order valence-corrected chi connectivity index (χ3v) is 6.75. The Balaban J connectivity index is 1.53. The number of piperidine rings is 1. The van der Waals surface area contributed by atoms with Crippen molar-refractivity contribution >= 4 is 23.6 Å². The number of rotatable bonds is 5. The van der Waals surface area contributed by atoms with Gasteiger partial charge in [0.1, 0.15) is 17.9 Å². The van der Waals surface area contributed by atoms with Gasteiger partial charge in [-0.05, 0) is 36.8 Å². The Bertz CT molecular complexity index is 1050. The lowest BCUT2D eigenvalue weighted by molar-refractivity contribution is -0.151. The van der Waals surface area contributed by atoms with E-state index in [-0.39, 0.29) is 18.9 Å². The molecule has 0 radical (unpaired) electrons. The molecule has 2 N–H and O–H groups in total. The van der Waals surface area contributed by atoms with Crippen LogP contribution in [-0.2, 0) is 14.3 Å². The zero-order valence-electron chi connectivity index (χ0n) is 20.5. The van der Waals surface area contributed by atoms with Crippen molar-refractivity contribution in [2.75, 3.05) is 44.7 Å². The number of hydrogen-bond donors (Lipinski definition) is 2.